The molecule has 2 N–H and O–H groups in total. The van der Waals surface area contributed by atoms with Gasteiger partial charge in [0, 0.05) is 13.1 Å². The molecule has 0 fully saturated rings. The smallest absolute Gasteiger partial charge is 0.0558 e. The second-order valence-electron chi connectivity index (χ2n) is 7.46. The molecule has 0 radical (unpaired) electrons. The Hall–Kier alpha value is -0.160. The molecule has 140 valence electrons. The van der Waals surface area contributed by atoms with Crippen LogP contribution in [0.25, 0.3) is 0 Å². The molecule has 4 heteroatoms. The van der Waals surface area contributed by atoms with Crippen LogP contribution in [-0.2, 0) is 0 Å². The van der Waals surface area contributed by atoms with Crippen LogP contribution >= 0.6 is 0 Å². The van der Waals surface area contributed by atoms with Crippen molar-refractivity contribution in [2.24, 2.45) is 5.41 Å². The van der Waals surface area contributed by atoms with Crippen LogP contribution in [0.2, 0.25) is 0 Å². The standard InChI is InChI=1S/C19H42N2O2/c1-5-11-20(15-17-22)13-9-14-21(16-18-23)12-8-7-10-19(3,4)6-2/h22-23H,5-18H2,1-4H3. The van der Waals surface area contributed by atoms with Crippen molar-refractivity contribution < 1.29 is 10.2 Å². The first kappa shape index (κ1) is 22.8. The lowest BCUT2D eigenvalue weighted by Crippen LogP contribution is -2.34. The van der Waals surface area contributed by atoms with E-state index >= 15 is 0 Å². The maximum absolute atomic E-state index is 9.25. The van der Waals surface area contributed by atoms with Crippen molar-refractivity contribution in [2.45, 2.75) is 66.2 Å². The highest BCUT2D eigenvalue weighted by molar-refractivity contribution is 4.67. The molecule has 0 aliphatic heterocycles. The van der Waals surface area contributed by atoms with Crippen LogP contribution in [0.5, 0.6) is 0 Å². The van der Waals surface area contributed by atoms with Crippen LogP contribution in [-0.4, -0.2) is 72.5 Å². The van der Waals surface area contributed by atoms with E-state index in [0.29, 0.717) is 5.41 Å². The molecule has 0 aromatic rings. The van der Waals surface area contributed by atoms with Crippen LogP contribution < -0.4 is 0 Å². The van der Waals surface area contributed by atoms with Crippen molar-refractivity contribution in [3.8, 4) is 0 Å². The molecule has 0 bridgehead atoms. The Morgan fingerprint density at radius 2 is 1.22 bits per heavy atom. The summed E-state index contributed by atoms with van der Waals surface area (Å²) in [6, 6.07) is 0. The van der Waals surface area contributed by atoms with Crippen molar-refractivity contribution >= 4 is 0 Å². The van der Waals surface area contributed by atoms with E-state index in [2.05, 4.69) is 37.5 Å². The average molecular weight is 331 g/mol. The molecular formula is C19H42N2O2. The van der Waals surface area contributed by atoms with Gasteiger partial charge in [0.15, 0.2) is 0 Å². The Morgan fingerprint density at radius 1 is 0.696 bits per heavy atom. The number of nitrogens with zero attached hydrogens (tertiary/aromatic N) is 2. The maximum Gasteiger partial charge on any atom is 0.0558 e. The number of hydrogen-bond donors (Lipinski definition) is 2. The van der Waals surface area contributed by atoms with E-state index in [9.17, 15) is 5.11 Å². The fraction of sp³-hybridized carbons (Fsp3) is 1.00. The molecule has 0 aliphatic carbocycles. The Morgan fingerprint density at radius 3 is 1.70 bits per heavy atom. The van der Waals surface area contributed by atoms with Gasteiger partial charge in [-0.2, -0.15) is 0 Å². The molecule has 0 aromatic carbocycles. The summed E-state index contributed by atoms with van der Waals surface area (Å²) in [4.78, 5) is 4.73. The minimum atomic E-state index is 0.244. The summed E-state index contributed by atoms with van der Waals surface area (Å²) in [6.45, 7) is 15.4. The number of rotatable bonds is 16. The van der Waals surface area contributed by atoms with Gasteiger partial charge in [0.05, 0.1) is 13.2 Å². The Labute approximate surface area is 144 Å². The molecule has 0 spiro atoms. The third-order valence-corrected chi connectivity index (χ3v) is 4.86. The van der Waals surface area contributed by atoms with Gasteiger partial charge in [-0.25, -0.2) is 0 Å². The second-order valence-corrected chi connectivity index (χ2v) is 7.46. The molecule has 0 aromatic heterocycles. The third-order valence-electron chi connectivity index (χ3n) is 4.86. The highest BCUT2D eigenvalue weighted by Gasteiger charge is 2.14. The minimum absolute atomic E-state index is 0.244. The summed E-state index contributed by atoms with van der Waals surface area (Å²) < 4.78 is 0. The third kappa shape index (κ3) is 12.9. The molecular weight excluding hydrogens is 288 g/mol. The van der Waals surface area contributed by atoms with Gasteiger partial charge < -0.3 is 20.0 Å². The first-order valence-corrected chi connectivity index (χ1v) is 9.65. The van der Waals surface area contributed by atoms with E-state index < -0.39 is 0 Å². The van der Waals surface area contributed by atoms with E-state index in [-0.39, 0.29) is 13.2 Å². The Bertz CT molecular complexity index is 254. The lowest BCUT2D eigenvalue weighted by Gasteiger charge is -2.26. The zero-order valence-corrected chi connectivity index (χ0v) is 16.2. The van der Waals surface area contributed by atoms with Crippen LogP contribution in [0.1, 0.15) is 66.2 Å². The number of aliphatic hydroxyl groups excluding tert-OH is 2. The zero-order chi connectivity index (χ0) is 17.6. The van der Waals surface area contributed by atoms with E-state index in [1.807, 2.05) is 0 Å². The maximum atomic E-state index is 9.25. The molecule has 0 saturated carbocycles. The van der Waals surface area contributed by atoms with Gasteiger partial charge in [0.1, 0.15) is 0 Å². The van der Waals surface area contributed by atoms with Gasteiger partial charge in [-0.1, -0.05) is 40.5 Å². The van der Waals surface area contributed by atoms with Gasteiger partial charge in [0.2, 0.25) is 0 Å². The van der Waals surface area contributed by atoms with E-state index in [1.165, 1.54) is 25.7 Å². The lowest BCUT2D eigenvalue weighted by atomic mass is 9.85. The van der Waals surface area contributed by atoms with Crippen LogP contribution in [0.3, 0.4) is 0 Å². The van der Waals surface area contributed by atoms with Crippen LogP contribution in [0.4, 0.5) is 0 Å². The molecule has 0 saturated heterocycles. The highest BCUT2D eigenvalue weighted by atomic mass is 16.3. The fourth-order valence-corrected chi connectivity index (χ4v) is 2.90. The van der Waals surface area contributed by atoms with Gasteiger partial charge in [-0.05, 0) is 57.3 Å². The van der Waals surface area contributed by atoms with E-state index in [4.69, 9.17) is 5.11 Å². The topological polar surface area (TPSA) is 46.9 Å². The first-order chi connectivity index (χ1) is 11.0. The summed E-state index contributed by atoms with van der Waals surface area (Å²) in [7, 11) is 0. The fourth-order valence-electron chi connectivity index (χ4n) is 2.90. The quantitative estimate of drug-likeness (QED) is 0.427. The summed E-state index contributed by atoms with van der Waals surface area (Å²) in [5.41, 5.74) is 0.465. The Kier molecular flexibility index (Phi) is 14.1. The highest BCUT2D eigenvalue weighted by Crippen LogP contribution is 2.26. The molecule has 0 unspecified atom stereocenters. The van der Waals surface area contributed by atoms with Crippen LogP contribution in [0, 0.1) is 5.41 Å². The largest absolute Gasteiger partial charge is 0.395 e. The number of aliphatic hydroxyl groups is 2. The monoisotopic (exact) mass is 330 g/mol. The molecule has 0 rings (SSSR count). The molecule has 0 amide bonds. The van der Waals surface area contributed by atoms with Gasteiger partial charge in [0.25, 0.3) is 0 Å². The SMILES string of the molecule is CCCN(CCO)CCCN(CCO)CCCCC(C)(C)CC. The first-order valence-electron chi connectivity index (χ1n) is 9.65. The predicted octanol–water partition coefficient (Wildman–Crippen LogP) is 2.98. The van der Waals surface area contributed by atoms with Gasteiger partial charge in [-0.3, -0.25) is 0 Å². The zero-order valence-electron chi connectivity index (χ0n) is 16.2. The normalized spacial score (nSPS) is 12.5. The minimum Gasteiger partial charge on any atom is -0.395 e. The van der Waals surface area contributed by atoms with Crippen molar-refractivity contribution in [1.82, 2.24) is 9.80 Å². The Balaban J connectivity index is 3.96. The summed E-state index contributed by atoms with van der Waals surface area (Å²) in [6.07, 6.45) is 7.27. The number of unbranched alkanes of at least 4 members (excludes halogenated alkanes) is 1. The van der Waals surface area contributed by atoms with Crippen molar-refractivity contribution in [1.29, 1.82) is 0 Å². The summed E-state index contributed by atoms with van der Waals surface area (Å²) >= 11 is 0. The molecule has 0 heterocycles. The van der Waals surface area contributed by atoms with Crippen molar-refractivity contribution in [3.05, 3.63) is 0 Å². The van der Waals surface area contributed by atoms with E-state index in [1.54, 1.807) is 0 Å². The predicted molar refractivity (Wildman–Crippen MR) is 99.9 cm³/mol. The van der Waals surface area contributed by atoms with Crippen LogP contribution in [0.15, 0.2) is 0 Å². The lowest BCUT2D eigenvalue weighted by molar-refractivity contribution is 0.166. The molecule has 23 heavy (non-hydrogen) atoms. The molecule has 0 atom stereocenters. The van der Waals surface area contributed by atoms with Gasteiger partial charge in [-0.15, -0.1) is 0 Å². The van der Waals surface area contributed by atoms with E-state index in [0.717, 1.165) is 52.1 Å². The van der Waals surface area contributed by atoms with Gasteiger partial charge >= 0.3 is 0 Å². The molecule has 4 nitrogen and oxygen atoms in total. The summed E-state index contributed by atoms with van der Waals surface area (Å²) in [5.74, 6) is 0. The average Bonchev–Trinajstić information content (AvgIpc) is 2.52. The van der Waals surface area contributed by atoms with Crippen molar-refractivity contribution in [2.75, 3.05) is 52.5 Å². The number of hydrogen-bond acceptors (Lipinski definition) is 4. The second kappa shape index (κ2) is 14.2. The summed E-state index contributed by atoms with van der Waals surface area (Å²) in [5, 5.41) is 18.4. The molecule has 0 aliphatic rings. The van der Waals surface area contributed by atoms with Crippen molar-refractivity contribution in [3.63, 3.8) is 0 Å².